The van der Waals surface area contributed by atoms with E-state index in [1.807, 2.05) is 48.6 Å². The summed E-state index contributed by atoms with van der Waals surface area (Å²) < 4.78 is 16.6. The van der Waals surface area contributed by atoms with Crippen LogP contribution in [0.5, 0.6) is 0 Å². The van der Waals surface area contributed by atoms with Gasteiger partial charge in [-0.15, -0.1) is 0 Å². The number of hydrogen-bond acceptors (Lipinski definition) is 6. The smallest absolute Gasteiger partial charge is 0.306 e. The van der Waals surface area contributed by atoms with Crippen LogP contribution in [-0.2, 0) is 28.6 Å². The first kappa shape index (κ1) is 58.6. The molecule has 0 rings (SSSR count). The van der Waals surface area contributed by atoms with Crippen molar-refractivity contribution in [3.05, 3.63) is 134 Å². The van der Waals surface area contributed by atoms with Gasteiger partial charge in [-0.3, -0.25) is 14.4 Å². The first-order valence-corrected chi connectivity index (χ1v) is 24.8. The second-order valence-electron chi connectivity index (χ2n) is 15.7. The van der Waals surface area contributed by atoms with Gasteiger partial charge in [0.15, 0.2) is 6.10 Å². The summed E-state index contributed by atoms with van der Waals surface area (Å²) in [7, 11) is 0. The van der Waals surface area contributed by atoms with Gasteiger partial charge in [0.25, 0.3) is 0 Å². The van der Waals surface area contributed by atoms with E-state index < -0.39 is 6.10 Å². The van der Waals surface area contributed by atoms with Gasteiger partial charge in [0, 0.05) is 19.3 Å². The minimum atomic E-state index is -0.842. The van der Waals surface area contributed by atoms with E-state index in [-0.39, 0.29) is 50.4 Å². The van der Waals surface area contributed by atoms with Gasteiger partial charge in [-0.1, -0.05) is 206 Å². The number of ether oxygens (including phenoxy) is 3. The predicted molar refractivity (Wildman–Crippen MR) is 269 cm³/mol. The predicted octanol–water partition coefficient (Wildman–Crippen LogP) is 16.3. The van der Waals surface area contributed by atoms with Crippen LogP contribution in [0.2, 0.25) is 0 Å². The molecule has 0 aliphatic rings. The molecule has 0 aromatic rings. The maximum atomic E-state index is 12.8. The molecule has 0 N–H and O–H groups in total. The Hall–Kier alpha value is -4.45. The lowest BCUT2D eigenvalue weighted by Gasteiger charge is -2.18. The summed E-state index contributed by atoms with van der Waals surface area (Å²) in [4.78, 5) is 37.9. The standard InChI is InChI=1S/C57H88O6/c1-4-7-10-13-16-19-22-25-27-29-32-35-38-41-44-47-50-56(59)62-53-54(52-61-55(58)49-46-43-40-37-34-31-24-21-18-15-12-9-6-3)63-57(60)51-48-45-42-39-36-33-30-28-26-23-20-17-14-11-8-5-2/h7,9-10,12,15-16,18-19,21,24-25,27-28,30-36,41,44,54H,4-6,8,11,13-14,17,20,22-23,26,29,37-40,42-43,45-53H2,1-3H3/b10-7+,12-9+,18-15+,19-16+,24-21+,27-25+,30-28+,34-31+,35-32+,36-33+,44-41+. The van der Waals surface area contributed by atoms with Crippen LogP contribution in [0.25, 0.3) is 0 Å². The topological polar surface area (TPSA) is 78.9 Å². The fourth-order valence-corrected chi connectivity index (χ4v) is 6.08. The lowest BCUT2D eigenvalue weighted by molar-refractivity contribution is -0.166. The van der Waals surface area contributed by atoms with Crippen LogP contribution >= 0.6 is 0 Å². The van der Waals surface area contributed by atoms with Crippen molar-refractivity contribution in [2.45, 2.75) is 194 Å². The van der Waals surface area contributed by atoms with E-state index in [9.17, 15) is 14.4 Å². The number of carbonyl (C=O) groups is 3. The Kier molecular flexibility index (Phi) is 46.7. The Morgan fingerprint density at radius 2 is 0.730 bits per heavy atom. The number of rotatable bonds is 42. The molecule has 0 aliphatic carbocycles. The third kappa shape index (κ3) is 48.4. The summed E-state index contributed by atoms with van der Waals surface area (Å²) in [5.41, 5.74) is 0. The normalized spacial score (nSPS) is 13.3. The highest BCUT2D eigenvalue weighted by Gasteiger charge is 2.19. The van der Waals surface area contributed by atoms with E-state index in [1.54, 1.807) is 0 Å². The fourth-order valence-electron chi connectivity index (χ4n) is 6.08. The van der Waals surface area contributed by atoms with Crippen LogP contribution in [0.3, 0.4) is 0 Å². The van der Waals surface area contributed by atoms with Crippen LogP contribution in [0, 0.1) is 0 Å². The molecule has 0 spiro atoms. The van der Waals surface area contributed by atoms with Gasteiger partial charge in [-0.25, -0.2) is 0 Å². The van der Waals surface area contributed by atoms with Gasteiger partial charge < -0.3 is 14.2 Å². The van der Waals surface area contributed by atoms with Crippen molar-refractivity contribution in [3.8, 4) is 0 Å². The largest absolute Gasteiger partial charge is 0.462 e. The van der Waals surface area contributed by atoms with Gasteiger partial charge in [0.05, 0.1) is 0 Å². The number of carbonyl (C=O) groups excluding carboxylic acids is 3. The summed E-state index contributed by atoms with van der Waals surface area (Å²) in [6, 6.07) is 0. The van der Waals surface area contributed by atoms with Crippen LogP contribution < -0.4 is 0 Å². The highest BCUT2D eigenvalue weighted by Crippen LogP contribution is 2.11. The molecule has 63 heavy (non-hydrogen) atoms. The number of esters is 3. The molecular formula is C57H88O6. The molecule has 1 atom stereocenters. The van der Waals surface area contributed by atoms with Crippen molar-refractivity contribution in [2.75, 3.05) is 13.2 Å². The first-order chi connectivity index (χ1) is 31.0. The minimum Gasteiger partial charge on any atom is -0.462 e. The fraction of sp³-hybridized carbons (Fsp3) is 0.561. The van der Waals surface area contributed by atoms with Crippen molar-refractivity contribution in [2.24, 2.45) is 0 Å². The number of unbranched alkanes of at least 4 members (excludes halogenated alkanes) is 13. The van der Waals surface area contributed by atoms with E-state index in [0.29, 0.717) is 12.8 Å². The third-order valence-corrected chi connectivity index (χ3v) is 9.76. The van der Waals surface area contributed by atoms with E-state index >= 15 is 0 Å². The lowest BCUT2D eigenvalue weighted by atomic mass is 10.1. The van der Waals surface area contributed by atoms with E-state index in [1.165, 1.54) is 44.9 Å². The molecule has 0 amide bonds. The molecule has 0 bridgehead atoms. The lowest BCUT2D eigenvalue weighted by Crippen LogP contribution is -2.30. The van der Waals surface area contributed by atoms with Gasteiger partial charge in [0.1, 0.15) is 13.2 Å². The summed E-state index contributed by atoms with van der Waals surface area (Å²) in [5.74, 6) is -1.10. The zero-order valence-corrected chi connectivity index (χ0v) is 40.0. The molecule has 0 radical (unpaired) electrons. The monoisotopic (exact) mass is 869 g/mol. The summed E-state index contributed by atoms with van der Waals surface area (Å²) in [6.45, 7) is 6.22. The van der Waals surface area contributed by atoms with Crippen LogP contribution in [0.4, 0.5) is 0 Å². The first-order valence-electron chi connectivity index (χ1n) is 24.8. The minimum absolute atomic E-state index is 0.137. The Balaban J connectivity index is 4.63. The SMILES string of the molecule is CC/C=C/C=C/C=C/C=C/CCCCCC(=O)OCC(COC(=O)CC/C=C/C/C=C/C/C=C/C/C=C/C/C=C/CC)OC(=O)CCCCC/C=C/C=C/CCCCCCCCC. The van der Waals surface area contributed by atoms with Crippen molar-refractivity contribution in [1.82, 2.24) is 0 Å². The average Bonchev–Trinajstić information content (AvgIpc) is 3.28. The average molecular weight is 869 g/mol. The summed E-state index contributed by atoms with van der Waals surface area (Å²) in [6.07, 6.45) is 70.2. The molecule has 6 nitrogen and oxygen atoms in total. The molecule has 0 aromatic carbocycles. The molecule has 352 valence electrons. The van der Waals surface area contributed by atoms with Crippen LogP contribution in [0.15, 0.2) is 134 Å². The molecular weight excluding hydrogens is 781 g/mol. The van der Waals surface area contributed by atoms with Crippen LogP contribution in [-0.4, -0.2) is 37.2 Å². The second kappa shape index (κ2) is 50.2. The van der Waals surface area contributed by atoms with Gasteiger partial charge in [-0.05, 0) is 96.3 Å². The third-order valence-electron chi connectivity index (χ3n) is 9.76. The second-order valence-corrected chi connectivity index (χ2v) is 15.7. The van der Waals surface area contributed by atoms with Crippen molar-refractivity contribution < 1.29 is 28.6 Å². The Morgan fingerprint density at radius 1 is 0.349 bits per heavy atom. The molecule has 6 heteroatoms. The Bertz CT molecular complexity index is 1420. The molecule has 0 aromatic heterocycles. The molecule has 0 aliphatic heterocycles. The molecule has 0 heterocycles. The van der Waals surface area contributed by atoms with Crippen molar-refractivity contribution in [1.29, 1.82) is 0 Å². The van der Waals surface area contributed by atoms with Gasteiger partial charge in [-0.2, -0.15) is 0 Å². The van der Waals surface area contributed by atoms with Gasteiger partial charge in [0.2, 0.25) is 0 Å². The molecule has 0 saturated carbocycles. The zero-order chi connectivity index (χ0) is 45.8. The Morgan fingerprint density at radius 3 is 1.24 bits per heavy atom. The summed E-state index contributed by atoms with van der Waals surface area (Å²) >= 11 is 0. The van der Waals surface area contributed by atoms with Crippen molar-refractivity contribution in [3.63, 3.8) is 0 Å². The highest BCUT2D eigenvalue weighted by molar-refractivity contribution is 5.71. The molecule has 1 unspecified atom stereocenters. The molecule has 0 fully saturated rings. The molecule has 0 saturated heterocycles. The maximum Gasteiger partial charge on any atom is 0.306 e. The Labute approximate surface area is 385 Å². The maximum absolute atomic E-state index is 12.8. The van der Waals surface area contributed by atoms with E-state index in [0.717, 1.165) is 89.9 Å². The highest BCUT2D eigenvalue weighted by atomic mass is 16.6. The van der Waals surface area contributed by atoms with Crippen LogP contribution in [0.1, 0.15) is 188 Å². The van der Waals surface area contributed by atoms with Gasteiger partial charge >= 0.3 is 17.9 Å². The summed E-state index contributed by atoms with van der Waals surface area (Å²) in [5, 5.41) is 0. The van der Waals surface area contributed by atoms with Crippen molar-refractivity contribution >= 4 is 17.9 Å². The van der Waals surface area contributed by atoms with E-state index in [2.05, 4.69) is 106 Å². The number of hydrogen-bond donors (Lipinski definition) is 0. The number of allylic oxidation sites excluding steroid dienone is 22. The van der Waals surface area contributed by atoms with E-state index in [4.69, 9.17) is 14.2 Å². The quantitative estimate of drug-likeness (QED) is 0.0200. The zero-order valence-electron chi connectivity index (χ0n) is 40.0.